The molecule has 142 valence electrons. The molecule has 0 unspecified atom stereocenters. The lowest BCUT2D eigenvalue weighted by Crippen LogP contribution is -1.96. The van der Waals surface area contributed by atoms with Crippen molar-refractivity contribution in [3.8, 4) is 0 Å². The largest absolute Gasteiger partial charge is 0.248 e. The Bertz CT molecular complexity index is 1430. The number of hydrogen-bond acceptors (Lipinski definition) is 2. The first kappa shape index (κ1) is 17.1. The van der Waals surface area contributed by atoms with Gasteiger partial charge in [-0.1, -0.05) is 60.7 Å². The van der Waals surface area contributed by atoms with Crippen molar-refractivity contribution in [3.05, 3.63) is 108 Å². The molecule has 0 fully saturated rings. The summed E-state index contributed by atoms with van der Waals surface area (Å²) < 4.78 is 0. The number of benzene rings is 4. The summed E-state index contributed by atoms with van der Waals surface area (Å²) in [6, 6.07) is 34.2. The van der Waals surface area contributed by atoms with Crippen LogP contribution >= 0.6 is 0 Å². The molecular formula is C28H20N2. The van der Waals surface area contributed by atoms with E-state index in [0.29, 0.717) is 0 Å². The Labute approximate surface area is 174 Å². The second-order valence-electron chi connectivity index (χ2n) is 7.83. The van der Waals surface area contributed by atoms with Crippen LogP contribution in [0.2, 0.25) is 0 Å². The van der Waals surface area contributed by atoms with Gasteiger partial charge in [0, 0.05) is 21.5 Å². The maximum atomic E-state index is 4.87. The van der Waals surface area contributed by atoms with Crippen LogP contribution < -0.4 is 0 Å². The third-order valence-corrected chi connectivity index (χ3v) is 5.97. The van der Waals surface area contributed by atoms with Crippen LogP contribution in [0, 0.1) is 0 Å². The first-order valence-corrected chi connectivity index (χ1v) is 10.4. The average Bonchev–Trinajstić information content (AvgIpc) is 2.80. The maximum absolute atomic E-state index is 4.87. The zero-order valence-corrected chi connectivity index (χ0v) is 16.5. The van der Waals surface area contributed by atoms with E-state index in [1.54, 1.807) is 0 Å². The van der Waals surface area contributed by atoms with Gasteiger partial charge in [-0.3, -0.25) is 0 Å². The van der Waals surface area contributed by atoms with Crippen LogP contribution in [0.25, 0.3) is 43.6 Å². The monoisotopic (exact) mass is 384 g/mol. The minimum atomic E-state index is 0.975. The summed E-state index contributed by atoms with van der Waals surface area (Å²) >= 11 is 0. The number of fused-ring (bicyclic) bond motifs is 4. The van der Waals surface area contributed by atoms with Crippen molar-refractivity contribution in [1.29, 1.82) is 0 Å². The van der Waals surface area contributed by atoms with E-state index in [9.17, 15) is 0 Å². The van der Waals surface area contributed by atoms with Gasteiger partial charge in [0.05, 0.1) is 22.1 Å². The number of nitrogens with zero attached hydrogens (tertiary/aromatic N) is 2. The zero-order valence-electron chi connectivity index (χ0n) is 16.5. The first-order valence-electron chi connectivity index (χ1n) is 10.4. The standard InChI is InChI=1S/C28H20N2/c1-3-11-25-21(7-1)17-23-19(9-5-13-27(23)29-25)15-16-20-10-6-14-28-24(20)18-22-8-2-4-12-26(22)30-28/h1-14,17-18H,15-16H2. The Kier molecular flexibility index (Phi) is 3.95. The second-order valence-corrected chi connectivity index (χ2v) is 7.83. The highest BCUT2D eigenvalue weighted by molar-refractivity contribution is 5.95. The summed E-state index contributed by atoms with van der Waals surface area (Å²) in [5, 5.41) is 4.89. The van der Waals surface area contributed by atoms with Crippen molar-refractivity contribution in [2.24, 2.45) is 0 Å². The van der Waals surface area contributed by atoms with E-state index in [2.05, 4.69) is 84.9 Å². The summed E-state index contributed by atoms with van der Waals surface area (Å²) in [4.78, 5) is 9.73. The van der Waals surface area contributed by atoms with Crippen LogP contribution in [-0.2, 0) is 12.8 Å². The molecule has 0 aliphatic heterocycles. The Balaban J connectivity index is 1.42. The molecule has 0 saturated heterocycles. The van der Waals surface area contributed by atoms with Gasteiger partial charge in [0.2, 0.25) is 0 Å². The summed E-state index contributed by atoms with van der Waals surface area (Å²) in [6.45, 7) is 0. The molecule has 0 saturated carbocycles. The Hall–Kier alpha value is -3.78. The van der Waals surface area contributed by atoms with Crippen LogP contribution in [0.5, 0.6) is 0 Å². The Morgan fingerprint density at radius 3 is 1.37 bits per heavy atom. The quantitative estimate of drug-likeness (QED) is 0.311. The van der Waals surface area contributed by atoms with Crippen LogP contribution in [0.4, 0.5) is 0 Å². The van der Waals surface area contributed by atoms with Gasteiger partial charge in [0.25, 0.3) is 0 Å². The third kappa shape index (κ3) is 2.89. The lowest BCUT2D eigenvalue weighted by atomic mass is 9.97. The minimum absolute atomic E-state index is 0.975. The number of aromatic nitrogens is 2. The van der Waals surface area contributed by atoms with Crippen molar-refractivity contribution in [2.75, 3.05) is 0 Å². The Morgan fingerprint density at radius 1 is 0.433 bits per heavy atom. The lowest BCUT2D eigenvalue weighted by Gasteiger charge is -2.10. The van der Waals surface area contributed by atoms with E-state index in [1.165, 1.54) is 32.7 Å². The fourth-order valence-corrected chi connectivity index (χ4v) is 4.43. The molecule has 0 spiro atoms. The van der Waals surface area contributed by atoms with Gasteiger partial charge in [-0.2, -0.15) is 0 Å². The molecule has 0 N–H and O–H groups in total. The normalized spacial score (nSPS) is 11.6. The molecule has 6 aromatic rings. The van der Waals surface area contributed by atoms with Crippen molar-refractivity contribution in [1.82, 2.24) is 9.97 Å². The molecule has 0 aliphatic rings. The van der Waals surface area contributed by atoms with Gasteiger partial charge in [0.1, 0.15) is 0 Å². The van der Waals surface area contributed by atoms with Gasteiger partial charge in [-0.05, 0) is 60.4 Å². The number of para-hydroxylation sites is 2. The van der Waals surface area contributed by atoms with Crippen molar-refractivity contribution >= 4 is 43.6 Å². The lowest BCUT2D eigenvalue weighted by molar-refractivity contribution is 0.978. The highest BCUT2D eigenvalue weighted by Crippen LogP contribution is 2.26. The van der Waals surface area contributed by atoms with E-state index in [4.69, 9.17) is 9.97 Å². The fraction of sp³-hybridized carbons (Fsp3) is 0.0714. The molecule has 0 bridgehead atoms. The molecule has 2 aromatic heterocycles. The average molecular weight is 384 g/mol. The maximum Gasteiger partial charge on any atom is 0.0712 e. The molecular weight excluding hydrogens is 364 g/mol. The van der Waals surface area contributed by atoms with Gasteiger partial charge in [0.15, 0.2) is 0 Å². The molecule has 0 amide bonds. The number of aryl methyl sites for hydroxylation is 2. The van der Waals surface area contributed by atoms with Crippen molar-refractivity contribution in [3.63, 3.8) is 0 Å². The van der Waals surface area contributed by atoms with E-state index in [1.807, 2.05) is 12.1 Å². The Morgan fingerprint density at radius 2 is 0.867 bits per heavy atom. The van der Waals surface area contributed by atoms with Crippen LogP contribution in [0.1, 0.15) is 11.1 Å². The molecule has 0 aliphatic carbocycles. The third-order valence-electron chi connectivity index (χ3n) is 5.97. The number of hydrogen-bond donors (Lipinski definition) is 0. The minimum Gasteiger partial charge on any atom is -0.248 e. The second kappa shape index (κ2) is 6.93. The zero-order chi connectivity index (χ0) is 19.9. The van der Waals surface area contributed by atoms with Crippen LogP contribution in [0.3, 0.4) is 0 Å². The SMILES string of the molecule is c1ccc2nc3cccc(CCc4cccc5nc6ccccc6cc45)c3cc2c1. The van der Waals surface area contributed by atoms with Gasteiger partial charge < -0.3 is 0 Å². The molecule has 30 heavy (non-hydrogen) atoms. The van der Waals surface area contributed by atoms with Crippen LogP contribution in [0.15, 0.2) is 97.1 Å². The molecule has 2 nitrogen and oxygen atoms in total. The molecule has 2 heterocycles. The fourth-order valence-electron chi connectivity index (χ4n) is 4.43. The summed E-state index contributed by atoms with van der Waals surface area (Å²) in [5.41, 5.74) is 6.92. The van der Waals surface area contributed by atoms with Gasteiger partial charge >= 0.3 is 0 Å². The summed E-state index contributed by atoms with van der Waals surface area (Å²) in [7, 11) is 0. The predicted molar refractivity (Wildman–Crippen MR) is 126 cm³/mol. The summed E-state index contributed by atoms with van der Waals surface area (Å²) in [6.07, 6.45) is 1.95. The number of rotatable bonds is 3. The molecule has 0 atom stereocenters. The van der Waals surface area contributed by atoms with E-state index >= 15 is 0 Å². The predicted octanol–water partition coefficient (Wildman–Crippen LogP) is 6.87. The number of pyridine rings is 2. The highest BCUT2D eigenvalue weighted by Gasteiger charge is 2.08. The van der Waals surface area contributed by atoms with Crippen LogP contribution in [-0.4, -0.2) is 9.97 Å². The van der Waals surface area contributed by atoms with Gasteiger partial charge in [-0.15, -0.1) is 0 Å². The molecule has 0 radical (unpaired) electrons. The van der Waals surface area contributed by atoms with E-state index < -0.39 is 0 Å². The molecule has 6 rings (SSSR count). The smallest absolute Gasteiger partial charge is 0.0712 e. The van der Waals surface area contributed by atoms with E-state index in [0.717, 1.165) is 34.9 Å². The summed E-state index contributed by atoms with van der Waals surface area (Å²) in [5.74, 6) is 0. The van der Waals surface area contributed by atoms with Crippen molar-refractivity contribution < 1.29 is 0 Å². The van der Waals surface area contributed by atoms with E-state index in [-0.39, 0.29) is 0 Å². The molecule has 4 aromatic carbocycles. The first-order chi connectivity index (χ1) is 14.8. The molecule has 2 heteroatoms. The topological polar surface area (TPSA) is 25.8 Å². The van der Waals surface area contributed by atoms with Crippen molar-refractivity contribution in [2.45, 2.75) is 12.8 Å². The van der Waals surface area contributed by atoms with Gasteiger partial charge in [-0.25, -0.2) is 9.97 Å². The highest BCUT2D eigenvalue weighted by atomic mass is 14.7.